The average Bonchev–Trinajstić information content (AvgIpc) is 2.40. The molecular formula is C10H13N. The largest absolute Gasteiger partial charge is 0.388 e. The van der Waals surface area contributed by atoms with Gasteiger partial charge in [0.2, 0.25) is 0 Å². The van der Waals surface area contributed by atoms with E-state index in [1.807, 2.05) is 0 Å². The minimum absolute atomic E-state index is 1.13. The van der Waals surface area contributed by atoms with Crippen LogP contribution in [0.4, 0.5) is 0 Å². The summed E-state index contributed by atoms with van der Waals surface area (Å²) >= 11 is 0. The minimum atomic E-state index is 1.13. The summed E-state index contributed by atoms with van der Waals surface area (Å²) in [5.74, 6) is 0. The lowest BCUT2D eigenvalue weighted by Crippen LogP contribution is -2.11. The fraction of sp³-hybridized carbons (Fsp3) is 0.400. The van der Waals surface area contributed by atoms with Crippen molar-refractivity contribution < 1.29 is 0 Å². The number of rotatable bonds is 0. The van der Waals surface area contributed by atoms with Gasteiger partial charge in [-0.05, 0) is 30.9 Å². The van der Waals surface area contributed by atoms with Gasteiger partial charge in [-0.25, -0.2) is 0 Å². The summed E-state index contributed by atoms with van der Waals surface area (Å²) in [6.45, 7) is 3.28. The minimum Gasteiger partial charge on any atom is -0.388 e. The summed E-state index contributed by atoms with van der Waals surface area (Å²) in [6, 6.07) is 0. The van der Waals surface area contributed by atoms with Gasteiger partial charge in [-0.3, -0.25) is 0 Å². The van der Waals surface area contributed by atoms with Crippen LogP contribution < -0.4 is 5.32 Å². The van der Waals surface area contributed by atoms with Gasteiger partial charge >= 0.3 is 0 Å². The van der Waals surface area contributed by atoms with Gasteiger partial charge in [-0.15, -0.1) is 0 Å². The van der Waals surface area contributed by atoms with Gasteiger partial charge in [-0.2, -0.15) is 0 Å². The van der Waals surface area contributed by atoms with E-state index in [4.69, 9.17) is 0 Å². The van der Waals surface area contributed by atoms with Crippen molar-refractivity contribution in [2.24, 2.45) is 0 Å². The van der Waals surface area contributed by atoms with E-state index in [0.29, 0.717) is 0 Å². The lowest BCUT2D eigenvalue weighted by Gasteiger charge is -2.04. The second-order valence-electron chi connectivity index (χ2n) is 3.12. The first-order valence-electron chi connectivity index (χ1n) is 4.20. The number of fused-ring (bicyclic) bond motifs is 1. The fourth-order valence-electron chi connectivity index (χ4n) is 1.69. The highest BCUT2D eigenvalue weighted by Crippen LogP contribution is 2.26. The molecule has 0 spiro atoms. The Morgan fingerprint density at radius 3 is 3.27 bits per heavy atom. The summed E-state index contributed by atoms with van der Waals surface area (Å²) in [5, 5.41) is 3.40. The van der Waals surface area contributed by atoms with Crippen molar-refractivity contribution in [2.45, 2.75) is 19.8 Å². The van der Waals surface area contributed by atoms with Crippen LogP contribution in [0, 0.1) is 0 Å². The maximum Gasteiger partial charge on any atom is 0.0151 e. The van der Waals surface area contributed by atoms with E-state index >= 15 is 0 Å². The number of nitrogens with one attached hydrogen (secondary N) is 1. The molecule has 0 aromatic carbocycles. The highest BCUT2D eigenvalue weighted by molar-refractivity contribution is 5.50. The van der Waals surface area contributed by atoms with Crippen molar-refractivity contribution in [3.63, 3.8) is 0 Å². The van der Waals surface area contributed by atoms with Crippen LogP contribution >= 0.6 is 0 Å². The number of hydrogen-bond acceptors (Lipinski definition) is 1. The highest BCUT2D eigenvalue weighted by atomic mass is 14.9. The lowest BCUT2D eigenvalue weighted by atomic mass is 10.1. The van der Waals surface area contributed by atoms with Crippen molar-refractivity contribution in [3.8, 4) is 0 Å². The van der Waals surface area contributed by atoms with Gasteiger partial charge < -0.3 is 5.32 Å². The Morgan fingerprint density at radius 1 is 1.45 bits per heavy atom. The molecule has 1 aliphatic heterocycles. The molecule has 2 rings (SSSR count). The molecule has 0 amide bonds. The van der Waals surface area contributed by atoms with Crippen LogP contribution in [0.15, 0.2) is 35.1 Å². The van der Waals surface area contributed by atoms with E-state index in [2.05, 4.69) is 30.5 Å². The summed E-state index contributed by atoms with van der Waals surface area (Å²) < 4.78 is 0. The van der Waals surface area contributed by atoms with Crippen LogP contribution in [0.25, 0.3) is 0 Å². The van der Waals surface area contributed by atoms with Crippen LogP contribution in [0.1, 0.15) is 19.8 Å². The Morgan fingerprint density at radius 2 is 2.36 bits per heavy atom. The first kappa shape index (κ1) is 6.71. The maximum absolute atomic E-state index is 3.40. The number of allylic oxidation sites excluding steroid dienone is 6. The van der Waals surface area contributed by atoms with Crippen LogP contribution in [0.3, 0.4) is 0 Å². The zero-order valence-corrected chi connectivity index (χ0v) is 6.85. The monoisotopic (exact) mass is 147 g/mol. The van der Waals surface area contributed by atoms with E-state index in [-0.39, 0.29) is 0 Å². The second kappa shape index (κ2) is 2.57. The van der Waals surface area contributed by atoms with E-state index in [1.54, 1.807) is 0 Å². The van der Waals surface area contributed by atoms with E-state index < -0.39 is 0 Å². The molecule has 1 heteroatoms. The van der Waals surface area contributed by atoms with Crippen LogP contribution in [0.5, 0.6) is 0 Å². The molecule has 0 bridgehead atoms. The molecular weight excluding hydrogens is 134 g/mol. The first-order valence-corrected chi connectivity index (χ1v) is 4.20. The van der Waals surface area contributed by atoms with Crippen LogP contribution in [0.2, 0.25) is 0 Å². The Hall–Kier alpha value is -0.980. The smallest absolute Gasteiger partial charge is 0.0151 e. The molecule has 2 aliphatic rings. The van der Waals surface area contributed by atoms with Crippen molar-refractivity contribution in [1.82, 2.24) is 5.32 Å². The molecule has 1 heterocycles. The SMILES string of the molecule is CC1=C2C=CC=C2CCCN1. The Labute approximate surface area is 67.5 Å². The second-order valence-corrected chi connectivity index (χ2v) is 3.12. The Balaban J connectivity index is 2.37. The van der Waals surface area contributed by atoms with Crippen molar-refractivity contribution >= 4 is 0 Å². The molecule has 0 fully saturated rings. The standard InChI is InChI=1S/C10H13N/c1-8-10-6-2-4-9(10)5-3-7-11-8/h2,4,6,11H,3,5,7H2,1H3. The van der Waals surface area contributed by atoms with Gasteiger partial charge in [0.25, 0.3) is 0 Å². The maximum atomic E-state index is 3.40. The number of hydrogen-bond donors (Lipinski definition) is 1. The molecule has 0 unspecified atom stereocenters. The van der Waals surface area contributed by atoms with Crippen molar-refractivity contribution in [2.75, 3.05) is 6.54 Å². The predicted molar refractivity (Wildman–Crippen MR) is 47.2 cm³/mol. The predicted octanol–water partition coefficient (Wildman–Crippen LogP) is 2.14. The zero-order valence-electron chi connectivity index (χ0n) is 6.85. The third kappa shape index (κ3) is 1.11. The zero-order chi connectivity index (χ0) is 7.68. The third-order valence-electron chi connectivity index (χ3n) is 2.32. The van der Waals surface area contributed by atoms with Crippen LogP contribution in [-0.2, 0) is 0 Å². The van der Waals surface area contributed by atoms with E-state index in [1.165, 1.54) is 29.7 Å². The lowest BCUT2D eigenvalue weighted by molar-refractivity contribution is 0.747. The van der Waals surface area contributed by atoms with Gasteiger partial charge in [0.05, 0.1) is 0 Å². The molecule has 0 saturated carbocycles. The van der Waals surface area contributed by atoms with E-state index in [9.17, 15) is 0 Å². The van der Waals surface area contributed by atoms with Crippen molar-refractivity contribution in [1.29, 1.82) is 0 Å². The summed E-state index contributed by atoms with van der Waals surface area (Å²) in [6.07, 6.45) is 9.05. The molecule has 11 heavy (non-hydrogen) atoms. The molecule has 1 nitrogen and oxygen atoms in total. The molecule has 0 saturated heterocycles. The van der Waals surface area contributed by atoms with Gasteiger partial charge in [-0.1, -0.05) is 18.2 Å². The third-order valence-corrected chi connectivity index (χ3v) is 2.32. The van der Waals surface area contributed by atoms with Crippen molar-refractivity contribution in [3.05, 3.63) is 35.1 Å². The first-order chi connectivity index (χ1) is 5.38. The average molecular weight is 147 g/mol. The topological polar surface area (TPSA) is 12.0 Å². The molecule has 1 N–H and O–H groups in total. The molecule has 58 valence electrons. The van der Waals surface area contributed by atoms with Gasteiger partial charge in [0.1, 0.15) is 0 Å². The van der Waals surface area contributed by atoms with E-state index in [0.717, 1.165) is 6.54 Å². The Bertz CT molecular complexity index is 256. The Kier molecular flexibility index (Phi) is 1.57. The molecule has 0 atom stereocenters. The molecule has 0 aromatic heterocycles. The van der Waals surface area contributed by atoms with Gasteiger partial charge in [0.15, 0.2) is 0 Å². The van der Waals surface area contributed by atoms with Crippen LogP contribution in [-0.4, -0.2) is 6.54 Å². The van der Waals surface area contributed by atoms with Gasteiger partial charge in [0, 0.05) is 12.2 Å². The quantitative estimate of drug-likeness (QED) is 0.553. The summed E-state index contributed by atoms with van der Waals surface area (Å²) in [4.78, 5) is 0. The normalized spacial score (nSPS) is 22.5. The highest BCUT2D eigenvalue weighted by Gasteiger charge is 2.12. The fourth-order valence-corrected chi connectivity index (χ4v) is 1.69. The summed E-state index contributed by atoms with van der Waals surface area (Å²) in [7, 11) is 0. The molecule has 0 radical (unpaired) electrons. The molecule has 0 aromatic rings. The molecule has 1 aliphatic carbocycles. The summed E-state index contributed by atoms with van der Waals surface area (Å²) in [5.41, 5.74) is 4.26.